The van der Waals surface area contributed by atoms with Gasteiger partial charge in [-0.3, -0.25) is 4.99 Å². The van der Waals surface area contributed by atoms with Gasteiger partial charge in [-0.25, -0.2) is 13.4 Å². The highest BCUT2D eigenvalue weighted by Gasteiger charge is 2.25. The van der Waals surface area contributed by atoms with Gasteiger partial charge in [0.25, 0.3) is 0 Å². The average Bonchev–Trinajstić information content (AvgIpc) is 3.23. The van der Waals surface area contributed by atoms with Gasteiger partial charge in [-0.1, -0.05) is 35.2 Å². The number of anilines is 2. The molecule has 0 bridgehead atoms. The lowest BCUT2D eigenvalue weighted by atomic mass is 10.1. The number of rotatable bonds is 6. The van der Waals surface area contributed by atoms with E-state index in [0.717, 1.165) is 44.9 Å². The zero-order chi connectivity index (χ0) is 21.4. The molecule has 1 aliphatic heterocycles. The van der Waals surface area contributed by atoms with E-state index >= 15 is 0 Å². The smallest absolute Gasteiger partial charge is 0.183 e. The van der Waals surface area contributed by atoms with Crippen LogP contribution in [0.3, 0.4) is 0 Å². The van der Waals surface area contributed by atoms with Gasteiger partial charge in [-0.05, 0) is 56.2 Å². The first-order valence-electron chi connectivity index (χ1n) is 9.61. The summed E-state index contributed by atoms with van der Waals surface area (Å²) in [5, 5.41) is 8.50. The van der Waals surface area contributed by atoms with Crippen molar-refractivity contribution in [3.63, 3.8) is 0 Å². The number of aromatic nitrogens is 1. The molecule has 9 heteroatoms. The first-order valence-corrected chi connectivity index (χ1v) is 13.3. The number of nitrogens with zero attached hydrogens (tertiary/aromatic N) is 2. The molecule has 1 aliphatic rings. The van der Waals surface area contributed by atoms with Crippen molar-refractivity contribution in [3.05, 3.63) is 48.0 Å². The predicted molar refractivity (Wildman–Crippen MR) is 129 cm³/mol. The van der Waals surface area contributed by atoms with Crippen molar-refractivity contribution in [3.8, 4) is 0 Å². The Morgan fingerprint density at radius 3 is 2.57 bits per heavy atom. The maximum absolute atomic E-state index is 11.7. The van der Waals surface area contributed by atoms with Gasteiger partial charge in [-0.2, -0.15) is 0 Å². The Balaban J connectivity index is 1.33. The van der Waals surface area contributed by atoms with E-state index in [4.69, 9.17) is 0 Å². The largest absolute Gasteiger partial charge is 0.361 e. The maximum Gasteiger partial charge on any atom is 0.183 e. The molecule has 2 heterocycles. The first-order chi connectivity index (χ1) is 14.2. The maximum atomic E-state index is 11.7. The lowest BCUT2D eigenvalue weighted by Gasteiger charge is -2.09. The average molecular weight is 461 g/mol. The normalized spacial score (nSPS) is 15.9. The van der Waals surface area contributed by atoms with Crippen LogP contribution in [0.25, 0.3) is 10.2 Å². The number of fused-ring (bicyclic) bond motifs is 1. The molecular formula is C21H24N4O2S3. The zero-order valence-corrected chi connectivity index (χ0v) is 19.5. The Hall–Kier alpha value is -2.10. The number of hydrogen-bond acceptors (Lipinski definition) is 8. The summed E-state index contributed by atoms with van der Waals surface area (Å²) in [5.74, 6) is 1.00. The van der Waals surface area contributed by atoms with Gasteiger partial charge in [0.15, 0.2) is 20.1 Å². The summed E-state index contributed by atoms with van der Waals surface area (Å²) in [4.78, 5) is 9.54. The minimum atomic E-state index is -3.21. The molecule has 0 fully saturated rings. The summed E-state index contributed by atoms with van der Waals surface area (Å²) in [7, 11) is -3.21. The van der Waals surface area contributed by atoms with Crippen molar-refractivity contribution < 1.29 is 8.42 Å². The van der Waals surface area contributed by atoms with E-state index in [2.05, 4.69) is 58.7 Å². The van der Waals surface area contributed by atoms with Gasteiger partial charge in [0, 0.05) is 24.2 Å². The molecule has 2 N–H and O–H groups in total. The first kappa shape index (κ1) is 21.1. The molecule has 4 rings (SSSR count). The second-order valence-electron chi connectivity index (χ2n) is 7.94. The topological polar surface area (TPSA) is 83.5 Å². The minimum absolute atomic E-state index is 0.00556. The number of amidine groups is 1. The molecule has 0 atom stereocenters. The Morgan fingerprint density at radius 2 is 1.90 bits per heavy atom. The van der Waals surface area contributed by atoms with Crippen LogP contribution in [0.1, 0.15) is 19.4 Å². The lowest BCUT2D eigenvalue weighted by Crippen LogP contribution is -2.15. The van der Waals surface area contributed by atoms with Crippen molar-refractivity contribution in [2.45, 2.75) is 30.7 Å². The molecule has 0 saturated carbocycles. The molecule has 0 unspecified atom stereocenters. The highest BCUT2D eigenvalue weighted by atomic mass is 32.2. The van der Waals surface area contributed by atoms with Crippen molar-refractivity contribution in [1.29, 1.82) is 0 Å². The molecular weight excluding hydrogens is 436 g/mol. The monoisotopic (exact) mass is 460 g/mol. The van der Waals surface area contributed by atoms with Crippen LogP contribution in [-0.2, 0) is 16.3 Å². The van der Waals surface area contributed by atoms with Gasteiger partial charge in [0.2, 0.25) is 0 Å². The van der Waals surface area contributed by atoms with Crippen LogP contribution >= 0.6 is 23.1 Å². The van der Waals surface area contributed by atoms with E-state index in [0.29, 0.717) is 4.90 Å². The van der Waals surface area contributed by atoms with Gasteiger partial charge >= 0.3 is 0 Å². The molecule has 6 nitrogen and oxygen atoms in total. The number of thioether (sulfide) groups is 1. The van der Waals surface area contributed by atoms with Crippen LogP contribution in [0.5, 0.6) is 0 Å². The molecule has 0 amide bonds. The summed E-state index contributed by atoms with van der Waals surface area (Å²) < 4.78 is 24.3. The second kappa shape index (κ2) is 8.20. The molecule has 0 aliphatic carbocycles. The summed E-state index contributed by atoms with van der Waals surface area (Å²) in [6.07, 6.45) is 2.09. The van der Waals surface area contributed by atoms with E-state index in [1.807, 2.05) is 0 Å². The molecule has 0 radical (unpaired) electrons. The minimum Gasteiger partial charge on any atom is -0.361 e. The summed E-state index contributed by atoms with van der Waals surface area (Å²) in [5.41, 5.74) is 3.09. The van der Waals surface area contributed by atoms with Gasteiger partial charge < -0.3 is 10.6 Å². The Bertz CT molecular complexity index is 1200. The Morgan fingerprint density at radius 1 is 1.13 bits per heavy atom. The van der Waals surface area contributed by atoms with E-state index in [9.17, 15) is 8.42 Å². The third kappa shape index (κ3) is 5.14. The quantitative estimate of drug-likeness (QED) is 0.557. The van der Waals surface area contributed by atoms with E-state index in [1.165, 1.54) is 23.2 Å². The Labute approximate surface area is 185 Å². The number of thiazole rings is 1. The number of aliphatic imine (C=N–C) groups is 1. The third-order valence-electron chi connectivity index (χ3n) is 4.65. The van der Waals surface area contributed by atoms with E-state index in [-0.39, 0.29) is 5.54 Å². The number of sulfone groups is 1. The summed E-state index contributed by atoms with van der Waals surface area (Å²) in [6.45, 7) is 5.03. The van der Waals surface area contributed by atoms with Crippen LogP contribution in [-0.4, -0.2) is 42.7 Å². The van der Waals surface area contributed by atoms with Crippen molar-refractivity contribution >= 4 is 59.1 Å². The van der Waals surface area contributed by atoms with Crippen LogP contribution in [0.2, 0.25) is 0 Å². The van der Waals surface area contributed by atoms with Crippen molar-refractivity contribution in [2.24, 2.45) is 4.99 Å². The fraction of sp³-hybridized carbons (Fsp3) is 0.333. The van der Waals surface area contributed by atoms with Crippen LogP contribution in [0.15, 0.2) is 52.4 Å². The van der Waals surface area contributed by atoms with Crippen LogP contribution in [0, 0.1) is 0 Å². The third-order valence-corrected chi connectivity index (χ3v) is 8.05. The van der Waals surface area contributed by atoms with E-state index in [1.54, 1.807) is 30.0 Å². The highest BCUT2D eigenvalue weighted by Crippen LogP contribution is 2.29. The fourth-order valence-corrected chi connectivity index (χ4v) is 5.76. The van der Waals surface area contributed by atoms with Crippen LogP contribution < -0.4 is 10.6 Å². The molecule has 2 aromatic carbocycles. The highest BCUT2D eigenvalue weighted by molar-refractivity contribution is 8.14. The second-order valence-corrected chi connectivity index (χ2v) is 11.9. The fourth-order valence-electron chi connectivity index (χ4n) is 3.05. The van der Waals surface area contributed by atoms with Gasteiger partial charge in [-0.15, -0.1) is 0 Å². The molecule has 0 saturated heterocycles. The molecule has 0 spiro atoms. The molecule has 30 heavy (non-hydrogen) atoms. The molecule has 158 valence electrons. The van der Waals surface area contributed by atoms with Gasteiger partial charge in [0.05, 0.1) is 20.7 Å². The molecule has 1 aromatic heterocycles. The summed E-state index contributed by atoms with van der Waals surface area (Å²) in [6, 6.07) is 13.4. The van der Waals surface area contributed by atoms with Crippen LogP contribution in [0.4, 0.5) is 10.8 Å². The van der Waals surface area contributed by atoms with Gasteiger partial charge in [0.1, 0.15) is 0 Å². The number of nitrogens with one attached hydrogen (secondary N) is 2. The van der Waals surface area contributed by atoms with E-state index < -0.39 is 9.84 Å². The summed E-state index contributed by atoms with van der Waals surface area (Å²) >= 11 is 3.22. The predicted octanol–water partition coefficient (Wildman–Crippen LogP) is 4.65. The standard InChI is InChI=1S/C21H24N4O2S3/c1-21(2)13-28-20(25-21)23-15-6-4-14(5-7-15)10-11-22-19-24-17-9-8-16(30(3,26)27)12-18(17)29-19/h4-9,12H,10-11,13H2,1-3H3,(H,22,24)(H,23,25). The van der Waals surface area contributed by atoms with Crippen molar-refractivity contribution in [2.75, 3.05) is 29.2 Å². The Kier molecular flexibility index (Phi) is 5.78. The number of benzene rings is 2. The SMILES string of the molecule is CC1(C)CSC(Nc2ccc(CCNc3nc4ccc(S(C)(=O)=O)cc4s3)cc2)=N1. The number of hydrogen-bond donors (Lipinski definition) is 2. The lowest BCUT2D eigenvalue weighted by molar-refractivity contribution is 0.602. The van der Waals surface area contributed by atoms with Crippen molar-refractivity contribution in [1.82, 2.24) is 4.98 Å². The molecule has 3 aromatic rings. The zero-order valence-electron chi connectivity index (χ0n) is 17.1.